The van der Waals surface area contributed by atoms with E-state index in [2.05, 4.69) is 31.5 Å². The number of piperidine rings is 1. The van der Waals surface area contributed by atoms with Crippen LogP contribution < -0.4 is 16.0 Å². The molecule has 0 aliphatic carbocycles. The number of hydrogen-bond acceptors (Lipinski definition) is 6. The Morgan fingerprint density at radius 2 is 1.90 bits per heavy atom. The standard InChI is InChI=1S/C22H26N6O2/c23-21(30)20-19(26-27-22(20)25-13-15-4-8-18(29)9-5-15)12-16-6-7-17(14-24-16)28-10-2-1-3-11-28/h4-9,14,29H,1-3,10-13H2,(H2,23,30)(H2,25,26,27). The van der Waals surface area contributed by atoms with Crippen molar-refractivity contribution < 1.29 is 9.90 Å². The molecule has 3 heterocycles. The van der Waals surface area contributed by atoms with E-state index < -0.39 is 5.91 Å². The fourth-order valence-corrected chi connectivity index (χ4v) is 3.74. The minimum Gasteiger partial charge on any atom is -0.508 e. The molecule has 8 heteroatoms. The topological polar surface area (TPSA) is 120 Å². The molecular formula is C22H26N6O2. The number of aromatic hydroxyl groups is 1. The molecule has 2 aromatic heterocycles. The smallest absolute Gasteiger partial charge is 0.254 e. The van der Waals surface area contributed by atoms with Crippen molar-refractivity contribution in [2.75, 3.05) is 23.3 Å². The Labute approximate surface area is 175 Å². The molecule has 0 spiro atoms. The van der Waals surface area contributed by atoms with Crippen LogP contribution in [0.1, 0.15) is 46.6 Å². The maximum atomic E-state index is 12.1. The molecule has 3 aromatic rings. The van der Waals surface area contributed by atoms with E-state index in [1.165, 1.54) is 19.3 Å². The molecule has 30 heavy (non-hydrogen) atoms. The number of carbonyl (C=O) groups excluding carboxylic acids is 1. The minimum absolute atomic E-state index is 0.206. The molecule has 1 saturated heterocycles. The second kappa shape index (κ2) is 8.86. The molecule has 4 rings (SSSR count). The number of H-pyrrole nitrogens is 1. The lowest BCUT2D eigenvalue weighted by Gasteiger charge is -2.28. The fourth-order valence-electron chi connectivity index (χ4n) is 3.74. The highest BCUT2D eigenvalue weighted by molar-refractivity contribution is 5.98. The Kier molecular flexibility index (Phi) is 5.83. The summed E-state index contributed by atoms with van der Waals surface area (Å²) < 4.78 is 0. The van der Waals surface area contributed by atoms with Crippen molar-refractivity contribution in [1.29, 1.82) is 0 Å². The molecule has 8 nitrogen and oxygen atoms in total. The zero-order chi connectivity index (χ0) is 20.9. The van der Waals surface area contributed by atoms with Crippen LogP contribution in [-0.4, -0.2) is 39.3 Å². The summed E-state index contributed by atoms with van der Waals surface area (Å²) in [6.07, 6.45) is 6.06. The SMILES string of the molecule is NC(=O)c1c(NCc2ccc(O)cc2)n[nH]c1Cc1ccc(N2CCCCC2)cn1. The number of benzene rings is 1. The van der Waals surface area contributed by atoms with Crippen LogP contribution in [0.3, 0.4) is 0 Å². The molecule has 1 aliphatic heterocycles. The summed E-state index contributed by atoms with van der Waals surface area (Å²) >= 11 is 0. The molecule has 0 atom stereocenters. The number of phenols is 1. The number of amides is 1. The van der Waals surface area contributed by atoms with Crippen LogP contribution in [0.4, 0.5) is 11.5 Å². The number of carbonyl (C=O) groups is 1. The molecule has 1 aliphatic rings. The highest BCUT2D eigenvalue weighted by Gasteiger charge is 2.19. The number of aromatic amines is 1. The summed E-state index contributed by atoms with van der Waals surface area (Å²) in [5.41, 5.74) is 9.52. The Bertz CT molecular complexity index is 991. The van der Waals surface area contributed by atoms with Crippen molar-refractivity contribution in [2.45, 2.75) is 32.2 Å². The predicted octanol–water partition coefficient (Wildman–Crippen LogP) is 2.80. The molecule has 1 amide bonds. The average molecular weight is 406 g/mol. The number of nitrogens with two attached hydrogens (primary N) is 1. The van der Waals surface area contributed by atoms with Gasteiger partial charge in [0.25, 0.3) is 5.91 Å². The van der Waals surface area contributed by atoms with Crippen LogP contribution in [-0.2, 0) is 13.0 Å². The van der Waals surface area contributed by atoms with Crippen LogP contribution in [0.15, 0.2) is 42.6 Å². The molecular weight excluding hydrogens is 380 g/mol. The van der Waals surface area contributed by atoms with Gasteiger partial charge in [0.1, 0.15) is 11.3 Å². The van der Waals surface area contributed by atoms with Crippen molar-refractivity contribution in [3.63, 3.8) is 0 Å². The van der Waals surface area contributed by atoms with Crippen molar-refractivity contribution in [3.8, 4) is 5.75 Å². The first-order chi connectivity index (χ1) is 14.6. The summed E-state index contributed by atoms with van der Waals surface area (Å²) in [5, 5.41) is 19.7. The number of phenolic OH excluding ortho intramolecular Hbond substituents is 1. The van der Waals surface area contributed by atoms with Crippen molar-refractivity contribution >= 4 is 17.4 Å². The first-order valence-corrected chi connectivity index (χ1v) is 10.2. The number of nitrogens with one attached hydrogen (secondary N) is 2. The maximum absolute atomic E-state index is 12.1. The molecule has 0 unspecified atom stereocenters. The summed E-state index contributed by atoms with van der Waals surface area (Å²) in [6, 6.07) is 10.9. The molecule has 0 saturated carbocycles. The predicted molar refractivity (Wildman–Crippen MR) is 116 cm³/mol. The Balaban J connectivity index is 1.46. The van der Waals surface area contributed by atoms with Crippen LogP contribution in [0.2, 0.25) is 0 Å². The zero-order valence-electron chi connectivity index (χ0n) is 16.8. The number of rotatable bonds is 7. The van der Waals surface area contributed by atoms with Crippen molar-refractivity contribution in [2.24, 2.45) is 5.73 Å². The number of hydrogen-bond donors (Lipinski definition) is 4. The lowest BCUT2D eigenvalue weighted by Crippen LogP contribution is -2.29. The molecule has 1 aromatic carbocycles. The number of aromatic nitrogens is 3. The lowest BCUT2D eigenvalue weighted by atomic mass is 10.1. The summed E-state index contributed by atoms with van der Waals surface area (Å²) in [7, 11) is 0. The first-order valence-electron chi connectivity index (χ1n) is 10.2. The van der Waals surface area contributed by atoms with Gasteiger partial charge in [-0.3, -0.25) is 14.9 Å². The van der Waals surface area contributed by atoms with E-state index in [4.69, 9.17) is 5.73 Å². The van der Waals surface area contributed by atoms with Crippen molar-refractivity contribution in [1.82, 2.24) is 15.2 Å². The highest BCUT2D eigenvalue weighted by Crippen LogP contribution is 2.22. The van der Waals surface area contributed by atoms with Crippen LogP contribution in [0.25, 0.3) is 0 Å². The van der Waals surface area contributed by atoms with Gasteiger partial charge in [0, 0.05) is 31.7 Å². The van der Waals surface area contributed by atoms with Gasteiger partial charge < -0.3 is 21.1 Å². The molecule has 5 N–H and O–H groups in total. The van der Waals surface area contributed by atoms with Gasteiger partial charge in [0.15, 0.2) is 5.82 Å². The Morgan fingerprint density at radius 3 is 2.57 bits per heavy atom. The number of anilines is 2. The maximum Gasteiger partial charge on any atom is 0.254 e. The van der Waals surface area contributed by atoms with E-state index in [9.17, 15) is 9.90 Å². The van der Waals surface area contributed by atoms with Crippen LogP contribution >= 0.6 is 0 Å². The van der Waals surface area contributed by atoms with Gasteiger partial charge in [-0.05, 0) is 49.1 Å². The van der Waals surface area contributed by atoms with E-state index in [0.29, 0.717) is 30.0 Å². The fraction of sp³-hybridized carbons (Fsp3) is 0.318. The second-order valence-corrected chi connectivity index (χ2v) is 7.54. The van der Waals surface area contributed by atoms with Gasteiger partial charge in [0.2, 0.25) is 0 Å². The van der Waals surface area contributed by atoms with Crippen LogP contribution in [0.5, 0.6) is 5.75 Å². The van der Waals surface area contributed by atoms with Gasteiger partial charge in [-0.2, -0.15) is 5.10 Å². The quantitative estimate of drug-likeness (QED) is 0.479. The summed E-state index contributed by atoms with van der Waals surface area (Å²) in [4.78, 5) is 19.0. The van der Waals surface area contributed by atoms with Gasteiger partial charge >= 0.3 is 0 Å². The van der Waals surface area contributed by atoms with Gasteiger partial charge in [-0.25, -0.2) is 0 Å². The third-order valence-corrected chi connectivity index (χ3v) is 5.37. The van der Waals surface area contributed by atoms with Crippen LogP contribution in [0, 0.1) is 0 Å². The van der Waals surface area contributed by atoms with E-state index in [1.807, 2.05) is 12.3 Å². The molecule has 156 valence electrons. The number of primary amides is 1. The number of pyridine rings is 1. The molecule has 1 fully saturated rings. The largest absolute Gasteiger partial charge is 0.508 e. The first kappa shape index (κ1) is 19.8. The summed E-state index contributed by atoms with van der Waals surface area (Å²) in [5.74, 6) is 0.0739. The minimum atomic E-state index is -0.545. The van der Waals surface area contributed by atoms with Gasteiger partial charge in [-0.1, -0.05) is 12.1 Å². The third-order valence-electron chi connectivity index (χ3n) is 5.37. The monoisotopic (exact) mass is 406 g/mol. The lowest BCUT2D eigenvalue weighted by molar-refractivity contribution is 0.100. The Morgan fingerprint density at radius 1 is 1.13 bits per heavy atom. The van der Waals surface area contributed by atoms with E-state index >= 15 is 0 Å². The summed E-state index contributed by atoms with van der Waals surface area (Å²) in [6.45, 7) is 2.60. The third kappa shape index (κ3) is 4.53. The molecule has 0 radical (unpaired) electrons. The van der Waals surface area contributed by atoms with E-state index in [-0.39, 0.29) is 5.75 Å². The van der Waals surface area contributed by atoms with Gasteiger partial charge in [0.05, 0.1) is 17.6 Å². The van der Waals surface area contributed by atoms with Gasteiger partial charge in [-0.15, -0.1) is 0 Å². The zero-order valence-corrected chi connectivity index (χ0v) is 16.8. The highest BCUT2D eigenvalue weighted by atomic mass is 16.3. The van der Waals surface area contributed by atoms with Crippen molar-refractivity contribution in [3.05, 3.63) is 65.1 Å². The normalized spacial score (nSPS) is 13.9. The van der Waals surface area contributed by atoms with E-state index in [0.717, 1.165) is 30.0 Å². The molecule has 0 bridgehead atoms. The van der Waals surface area contributed by atoms with E-state index in [1.54, 1.807) is 24.3 Å². The number of nitrogens with zero attached hydrogens (tertiary/aromatic N) is 3. The second-order valence-electron chi connectivity index (χ2n) is 7.54. The average Bonchev–Trinajstić information content (AvgIpc) is 3.17. The Hall–Kier alpha value is -3.55.